The summed E-state index contributed by atoms with van der Waals surface area (Å²) in [5.41, 5.74) is 6.21. The first-order chi connectivity index (χ1) is 19.0. The van der Waals surface area contributed by atoms with E-state index in [0.29, 0.717) is 11.4 Å². The maximum absolute atomic E-state index is 13.8. The van der Waals surface area contributed by atoms with Crippen LogP contribution in [0.15, 0.2) is 47.5 Å². The van der Waals surface area contributed by atoms with Gasteiger partial charge >= 0.3 is 5.97 Å². The number of aromatic amines is 1. The Morgan fingerprint density at radius 3 is 2.67 bits per heavy atom. The second-order valence-electron chi connectivity index (χ2n) is 8.42. The van der Waals surface area contributed by atoms with Crippen molar-refractivity contribution in [1.82, 2.24) is 24.9 Å². The molecular formula is C24H25F2N7O5S2. The molecule has 1 atom stereocenters. The van der Waals surface area contributed by atoms with Gasteiger partial charge in [0.2, 0.25) is 21.9 Å². The number of anilines is 3. The molecule has 2 heterocycles. The molecule has 0 saturated carbocycles. The lowest BCUT2D eigenvalue weighted by Crippen LogP contribution is -2.43. The van der Waals surface area contributed by atoms with E-state index in [9.17, 15) is 22.0 Å². The third-order valence-corrected chi connectivity index (χ3v) is 7.82. The predicted molar refractivity (Wildman–Crippen MR) is 146 cm³/mol. The molecule has 0 amide bonds. The van der Waals surface area contributed by atoms with Crippen LogP contribution in [-0.4, -0.2) is 66.8 Å². The van der Waals surface area contributed by atoms with Gasteiger partial charge in [0.05, 0.1) is 22.9 Å². The molecule has 40 heavy (non-hydrogen) atoms. The number of methoxy groups -OCH3 is 1. The summed E-state index contributed by atoms with van der Waals surface area (Å²) in [5, 5.41) is 6.26. The van der Waals surface area contributed by atoms with Crippen molar-refractivity contribution >= 4 is 56.1 Å². The van der Waals surface area contributed by atoms with Crippen LogP contribution in [-0.2, 0) is 14.8 Å². The number of carbonyl (C=O) groups excluding carboxylic acids is 1. The van der Waals surface area contributed by atoms with Crippen molar-refractivity contribution in [3.8, 4) is 11.6 Å². The molecule has 4 rings (SSSR count). The van der Waals surface area contributed by atoms with Gasteiger partial charge in [-0.05, 0) is 36.6 Å². The minimum atomic E-state index is -4.32. The van der Waals surface area contributed by atoms with E-state index in [1.54, 1.807) is 19.4 Å². The molecule has 12 nitrogen and oxygen atoms in total. The third-order valence-electron chi connectivity index (χ3n) is 5.72. The van der Waals surface area contributed by atoms with Crippen LogP contribution in [0.5, 0.6) is 11.6 Å². The molecule has 4 aromatic rings. The molecule has 0 spiro atoms. The first-order valence-corrected chi connectivity index (χ1v) is 14.5. The molecule has 0 aliphatic heterocycles. The van der Waals surface area contributed by atoms with Crippen molar-refractivity contribution < 1.29 is 31.5 Å². The number of sulfonamides is 1. The van der Waals surface area contributed by atoms with Gasteiger partial charge in [0.15, 0.2) is 11.6 Å². The summed E-state index contributed by atoms with van der Waals surface area (Å²) in [7, 11) is -1.32. The lowest BCUT2D eigenvalue weighted by atomic mass is 10.2. The molecule has 16 heteroatoms. The monoisotopic (exact) mass is 593 g/mol. The summed E-state index contributed by atoms with van der Waals surface area (Å²) >= 11 is 1.39. The van der Waals surface area contributed by atoms with E-state index in [1.807, 2.05) is 0 Å². The number of thioether (sulfide) groups is 1. The normalized spacial score (nSPS) is 12.3. The van der Waals surface area contributed by atoms with Crippen LogP contribution in [0.4, 0.5) is 26.2 Å². The maximum atomic E-state index is 13.8. The summed E-state index contributed by atoms with van der Waals surface area (Å²) in [6.07, 6.45) is 3.32. The molecule has 0 saturated heterocycles. The fraction of sp³-hybridized carbons (Fsp3) is 0.250. The summed E-state index contributed by atoms with van der Waals surface area (Å²) in [6.45, 7) is 0. The maximum Gasteiger partial charge on any atom is 0.331 e. The summed E-state index contributed by atoms with van der Waals surface area (Å²) in [4.78, 5) is 22.7. The highest BCUT2D eigenvalue weighted by molar-refractivity contribution is 7.98. The van der Waals surface area contributed by atoms with Crippen molar-refractivity contribution in [3.63, 3.8) is 0 Å². The number of nitrogens with two attached hydrogens (primary N) is 1. The summed E-state index contributed by atoms with van der Waals surface area (Å²) < 4.78 is 67.3. The molecule has 2 aromatic heterocycles. The van der Waals surface area contributed by atoms with Gasteiger partial charge in [-0.1, -0.05) is 0 Å². The fourth-order valence-corrected chi connectivity index (χ4v) is 5.35. The Hall–Kier alpha value is -4.02. The zero-order valence-electron chi connectivity index (χ0n) is 21.5. The van der Waals surface area contributed by atoms with E-state index in [-0.39, 0.29) is 45.6 Å². The fourth-order valence-electron chi connectivity index (χ4n) is 3.61. The number of nitrogen functional groups attached to an aromatic ring is 1. The largest absolute Gasteiger partial charge is 0.497 e. The standard InChI is InChI=1S/C24H25F2N7O5S2/c1-33(24-28-6-4-21(27)29-24)13-8-14(37-2)10-15(9-13)40(35,36)32-19(5-7-39-3)23(34)38-22-16-11-17(25)18(26)12-20(16)30-31-22/h4,6,8-12,19,32H,5,7H2,1-3H3,(H,30,31)(H2,27,28,29)/t19-/m0/s1. The Bertz CT molecular complexity index is 1650. The topological polar surface area (TPSA) is 165 Å². The molecule has 0 fully saturated rings. The number of hydrogen-bond acceptors (Lipinski definition) is 11. The first-order valence-electron chi connectivity index (χ1n) is 11.6. The molecule has 2 aromatic carbocycles. The Morgan fingerprint density at radius 1 is 1.23 bits per heavy atom. The van der Waals surface area contributed by atoms with E-state index < -0.39 is 33.7 Å². The number of ether oxygens (including phenoxy) is 2. The number of carbonyl (C=O) groups is 1. The van der Waals surface area contributed by atoms with E-state index in [2.05, 4.69) is 24.9 Å². The molecule has 0 bridgehead atoms. The van der Waals surface area contributed by atoms with Crippen LogP contribution in [0, 0.1) is 11.6 Å². The molecule has 0 unspecified atom stereocenters. The van der Waals surface area contributed by atoms with Crippen molar-refractivity contribution in [2.75, 3.05) is 36.8 Å². The van der Waals surface area contributed by atoms with Gasteiger partial charge in [0.1, 0.15) is 17.6 Å². The Morgan fingerprint density at radius 2 is 1.98 bits per heavy atom. The predicted octanol–water partition coefficient (Wildman–Crippen LogP) is 3.00. The quantitative estimate of drug-likeness (QED) is 0.219. The van der Waals surface area contributed by atoms with Crippen molar-refractivity contribution in [1.29, 1.82) is 0 Å². The number of nitrogens with one attached hydrogen (secondary N) is 2. The van der Waals surface area contributed by atoms with Crippen LogP contribution in [0.2, 0.25) is 0 Å². The Balaban J connectivity index is 1.63. The number of aromatic nitrogens is 4. The SMILES string of the molecule is COc1cc(N(C)c2nccc(N)n2)cc(S(=O)(=O)N[C@@H](CCSC)C(=O)Oc2n[nH]c3cc(F)c(F)cc23)c1. The van der Waals surface area contributed by atoms with Crippen LogP contribution in [0.3, 0.4) is 0 Å². The van der Waals surface area contributed by atoms with Gasteiger partial charge in [-0.15, -0.1) is 5.10 Å². The number of fused-ring (bicyclic) bond motifs is 1. The number of rotatable bonds is 11. The Labute approximate surface area is 232 Å². The minimum absolute atomic E-state index is 0.0166. The number of esters is 1. The van der Waals surface area contributed by atoms with Crippen LogP contribution in [0.25, 0.3) is 10.9 Å². The molecule has 0 aliphatic rings. The highest BCUT2D eigenvalue weighted by Crippen LogP contribution is 2.30. The summed E-state index contributed by atoms with van der Waals surface area (Å²) in [6, 6.07) is 6.10. The van der Waals surface area contributed by atoms with Crippen molar-refractivity contribution in [2.24, 2.45) is 0 Å². The number of hydrogen-bond donors (Lipinski definition) is 3. The average Bonchev–Trinajstić information content (AvgIpc) is 3.31. The molecule has 212 valence electrons. The zero-order valence-corrected chi connectivity index (χ0v) is 23.1. The number of H-pyrrole nitrogens is 1. The van der Waals surface area contributed by atoms with Crippen LogP contribution in [0.1, 0.15) is 6.42 Å². The molecular weight excluding hydrogens is 568 g/mol. The lowest BCUT2D eigenvalue weighted by molar-refractivity contribution is -0.136. The number of benzene rings is 2. The van der Waals surface area contributed by atoms with Crippen molar-refractivity contribution in [3.05, 3.63) is 54.2 Å². The smallest absolute Gasteiger partial charge is 0.331 e. The van der Waals surface area contributed by atoms with Gasteiger partial charge in [-0.2, -0.15) is 21.5 Å². The third kappa shape index (κ3) is 6.40. The summed E-state index contributed by atoms with van der Waals surface area (Å²) in [5.74, 6) is -2.51. The van der Waals surface area contributed by atoms with E-state index in [4.69, 9.17) is 15.2 Å². The van der Waals surface area contributed by atoms with Crippen LogP contribution < -0.4 is 24.8 Å². The second-order valence-corrected chi connectivity index (χ2v) is 11.1. The lowest BCUT2D eigenvalue weighted by Gasteiger charge is -2.20. The number of nitrogens with zero attached hydrogens (tertiary/aromatic N) is 4. The minimum Gasteiger partial charge on any atom is -0.497 e. The molecule has 0 radical (unpaired) electrons. The average molecular weight is 594 g/mol. The van der Waals surface area contributed by atoms with Crippen molar-refractivity contribution in [2.45, 2.75) is 17.4 Å². The van der Waals surface area contributed by atoms with Gasteiger partial charge in [0, 0.05) is 37.1 Å². The highest BCUT2D eigenvalue weighted by atomic mass is 32.2. The highest BCUT2D eigenvalue weighted by Gasteiger charge is 2.29. The first kappa shape index (κ1) is 29.0. The van der Waals surface area contributed by atoms with Gasteiger partial charge in [-0.25, -0.2) is 27.0 Å². The molecule has 4 N–H and O–H groups in total. The van der Waals surface area contributed by atoms with E-state index in [1.165, 1.54) is 48.2 Å². The zero-order chi connectivity index (χ0) is 29.0. The Kier molecular flexibility index (Phi) is 8.70. The van der Waals surface area contributed by atoms with Crippen LogP contribution >= 0.6 is 11.8 Å². The second kappa shape index (κ2) is 12.0. The van der Waals surface area contributed by atoms with E-state index in [0.717, 1.165) is 12.1 Å². The van der Waals surface area contributed by atoms with E-state index >= 15 is 0 Å². The number of halogens is 2. The van der Waals surface area contributed by atoms with Gasteiger partial charge in [0.25, 0.3) is 0 Å². The van der Waals surface area contributed by atoms with Gasteiger partial charge < -0.3 is 20.1 Å². The van der Waals surface area contributed by atoms with Gasteiger partial charge in [-0.3, -0.25) is 5.10 Å². The molecule has 0 aliphatic carbocycles.